The van der Waals surface area contributed by atoms with E-state index in [9.17, 15) is 4.79 Å². The summed E-state index contributed by atoms with van der Waals surface area (Å²) in [4.78, 5) is 14.3. The van der Waals surface area contributed by atoms with Crippen LogP contribution >= 0.6 is 24.2 Å². The molecule has 0 bridgehead atoms. The molecule has 0 aromatic heterocycles. The van der Waals surface area contributed by atoms with Crippen molar-refractivity contribution in [3.63, 3.8) is 0 Å². The molecule has 112 valence electrons. The Morgan fingerprint density at radius 1 is 1.40 bits per heavy atom. The Morgan fingerprint density at radius 3 is 2.75 bits per heavy atom. The van der Waals surface area contributed by atoms with Gasteiger partial charge in [0.15, 0.2) is 0 Å². The van der Waals surface area contributed by atoms with E-state index in [0.717, 1.165) is 18.6 Å². The first kappa shape index (κ1) is 15.9. The zero-order valence-electron chi connectivity index (χ0n) is 11.6. The first-order valence-corrected chi connectivity index (χ1v) is 8.32. The standard InChI is InChI=1S/C14H21N3OS.ClH/c15-8-11-9-19-12-7-14(16,13(18)17(11)12)6-10-4-2-1-3-5-10;/h10-12H,1-7,9,16H2;1H. The van der Waals surface area contributed by atoms with Crippen molar-refractivity contribution in [2.75, 3.05) is 5.75 Å². The molecule has 2 aliphatic heterocycles. The average molecular weight is 316 g/mol. The van der Waals surface area contributed by atoms with E-state index in [2.05, 4.69) is 6.07 Å². The van der Waals surface area contributed by atoms with Crippen molar-refractivity contribution in [2.24, 2.45) is 11.7 Å². The number of thioether (sulfide) groups is 1. The van der Waals surface area contributed by atoms with Crippen molar-refractivity contribution in [1.29, 1.82) is 5.26 Å². The van der Waals surface area contributed by atoms with E-state index >= 15 is 0 Å². The van der Waals surface area contributed by atoms with Gasteiger partial charge < -0.3 is 10.6 Å². The Balaban J connectivity index is 0.00000147. The quantitative estimate of drug-likeness (QED) is 0.848. The van der Waals surface area contributed by atoms with Crippen molar-refractivity contribution in [3.05, 3.63) is 0 Å². The van der Waals surface area contributed by atoms with Crippen molar-refractivity contribution >= 4 is 30.1 Å². The topological polar surface area (TPSA) is 70.1 Å². The van der Waals surface area contributed by atoms with Gasteiger partial charge in [0.25, 0.3) is 0 Å². The van der Waals surface area contributed by atoms with Crippen LogP contribution in [0, 0.1) is 17.2 Å². The largest absolute Gasteiger partial charge is 0.317 e. The number of halogens is 1. The third kappa shape index (κ3) is 2.66. The minimum absolute atomic E-state index is 0. The summed E-state index contributed by atoms with van der Waals surface area (Å²) in [6, 6.07) is 1.97. The lowest BCUT2D eigenvalue weighted by molar-refractivity contribution is -0.133. The molecule has 1 amide bonds. The lowest BCUT2D eigenvalue weighted by atomic mass is 9.79. The molecule has 20 heavy (non-hydrogen) atoms. The molecule has 4 nitrogen and oxygen atoms in total. The van der Waals surface area contributed by atoms with Gasteiger partial charge in [0.1, 0.15) is 6.04 Å². The van der Waals surface area contributed by atoms with E-state index in [1.54, 1.807) is 16.7 Å². The monoisotopic (exact) mass is 315 g/mol. The van der Waals surface area contributed by atoms with Crippen LogP contribution in [0.5, 0.6) is 0 Å². The SMILES string of the molecule is Cl.N#CC1CSC2CC(N)(CC3CCCCC3)C(=O)N12. The van der Waals surface area contributed by atoms with Crippen LogP contribution in [0.4, 0.5) is 0 Å². The second-order valence-electron chi connectivity index (χ2n) is 6.21. The molecule has 3 atom stereocenters. The first-order chi connectivity index (χ1) is 9.14. The van der Waals surface area contributed by atoms with Gasteiger partial charge >= 0.3 is 0 Å². The highest BCUT2D eigenvalue weighted by atomic mass is 35.5. The number of amides is 1. The molecule has 1 aliphatic carbocycles. The Kier molecular flexibility index (Phi) is 4.88. The van der Waals surface area contributed by atoms with Crippen LogP contribution in [0.2, 0.25) is 0 Å². The molecule has 3 fully saturated rings. The van der Waals surface area contributed by atoms with Crippen LogP contribution in [0.15, 0.2) is 0 Å². The van der Waals surface area contributed by atoms with Gasteiger partial charge in [-0.2, -0.15) is 5.26 Å². The highest BCUT2D eigenvalue weighted by Crippen LogP contribution is 2.44. The summed E-state index contributed by atoms with van der Waals surface area (Å²) in [5.74, 6) is 1.37. The predicted molar refractivity (Wildman–Crippen MR) is 82.5 cm³/mol. The minimum Gasteiger partial charge on any atom is -0.317 e. The summed E-state index contributed by atoms with van der Waals surface area (Å²) in [6.45, 7) is 0. The summed E-state index contributed by atoms with van der Waals surface area (Å²) >= 11 is 1.72. The normalized spacial score (nSPS) is 37.4. The van der Waals surface area contributed by atoms with E-state index in [1.165, 1.54) is 32.1 Å². The first-order valence-electron chi connectivity index (χ1n) is 7.27. The number of nitrogens with zero attached hydrogens (tertiary/aromatic N) is 2. The number of hydrogen-bond acceptors (Lipinski definition) is 4. The van der Waals surface area contributed by atoms with Crippen LogP contribution in [0.1, 0.15) is 44.9 Å². The van der Waals surface area contributed by atoms with Gasteiger partial charge in [-0.15, -0.1) is 24.2 Å². The summed E-state index contributed by atoms with van der Waals surface area (Å²) < 4.78 is 0. The number of carbonyl (C=O) groups is 1. The van der Waals surface area contributed by atoms with Gasteiger partial charge in [0.05, 0.1) is 17.0 Å². The fourth-order valence-corrected chi connectivity index (χ4v) is 5.28. The Labute approximate surface area is 130 Å². The fraction of sp³-hybridized carbons (Fsp3) is 0.857. The molecule has 6 heteroatoms. The van der Waals surface area contributed by atoms with Gasteiger partial charge in [0, 0.05) is 12.2 Å². The number of nitrogens with two attached hydrogens (primary N) is 1. The van der Waals surface area contributed by atoms with Crippen molar-refractivity contribution in [1.82, 2.24) is 4.90 Å². The van der Waals surface area contributed by atoms with Crippen LogP contribution in [-0.4, -0.2) is 33.5 Å². The molecule has 3 rings (SSSR count). The molecule has 0 aromatic carbocycles. The minimum atomic E-state index is -0.699. The molecule has 1 saturated carbocycles. The third-order valence-corrected chi connectivity index (χ3v) is 6.11. The van der Waals surface area contributed by atoms with E-state index in [1.807, 2.05) is 0 Å². The summed E-state index contributed by atoms with van der Waals surface area (Å²) in [6.07, 6.45) is 7.85. The van der Waals surface area contributed by atoms with Crippen LogP contribution in [0.25, 0.3) is 0 Å². The van der Waals surface area contributed by atoms with Gasteiger partial charge in [-0.25, -0.2) is 0 Å². The summed E-state index contributed by atoms with van der Waals surface area (Å²) in [5, 5.41) is 9.27. The number of rotatable bonds is 2. The van der Waals surface area contributed by atoms with Gasteiger partial charge in [-0.1, -0.05) is 32.1 Å². The molecule has 3 unspecified atom stereocenters. The molecular formula is C14H22ClN3OS. The fourth-order valence-electron chi connectivity index (χ4n) is 3.83. The molecule has 0 aromatic rings. The van der Waals surface area contributed by atoms with Crippen molar-refractivity contribution in [2.45, 2.75) is 61.9 Å². The number of carbonyl (C=O) groups excluding carboxylic acids is 1. The maximum absolute atomic E-state index is 12.6. The van der Waals surface area contributed by atoms with E-state index in [4.69, 9.17) is 11.0 Å². The van der Waals surface area contributed by atoms with Crippen molar-refractivity contribution in [3.8, 4) is 6.07 Å². The number of hydrogen-bond donors (Lipinski definition) is 1. The predicted octanol–water partition coefficient (Wildman–Crippen LogP) is 2.27. The summed E-state index contributed by atoms with van der Waals surface area (Å²) in [7, 11) is 0. The second-order valence-corrected chi connectivity index (χ2v) is 7.42. The maximum Gasteiger partial charge on any atom is 0.244 e. The maximum atomic E-state index is 12.6. The van der Waals surface area contributed by atoms with Crippen LogP contribution in [0.3, 0.4) is 0 Å². The van der Waals surface area contributed by atoms with Crippen LogP contribution in [-0.2, 0) is 4.79 Å². The molecular weight excluding hydrogens is 294 g/mol. The van der Waals surface area contributed by atoms with E-state index in [0.29, 0.717) is 5.92 Å². The Bertz CT molecular complexity index is 421. The van der Waals surface area contributed by atoms with Gasteiger partial charge in [-0.3, -0.25) is 4.79 Å². The summed E-state index contributed by atoms with van der Waals surface area (Å²) in [5.41, 5.74) is 5.73. The molecule has 0 radical (unpaired) electrons. The lowest BCUT2D eigenvalue weighted by Crippen LogP contribution is -2.51. The molecule has 2 N–H and O–H groups in total. The molecule has 2 heterocycles. The number of nitriles is 1. The molecule has 0 spiro atoms. The average Bonchev–Trinajstić information content (AvgIpc) is 2.90. The Morgan fingerprint density at radius 2 is 2.10 bits per heavy atom. The second kappa shape index (κ2) is 6.13. The zero-order chi connectivity index (χ0) is 13.5. The Hall–Kier alpha value is -0.440. The van der Waals surface area contributed by atoms with Crippen LogP contribution < -0.4 is 5.73 Å². The third-order valence-electron chi connectivity index (χ3n) is 4.82. The van der Waals surface area contributed by atoms with Crippen molar-refractivity contribution < 1.29 is 4.79 Å². The highest BCUT2D eigenvalue weighted by Gasteiger charge is 2.55. The van der Waals surface area contributed by atoms with E-state index < -0.39 is 5.54 Å². The number of fused-ring (bicyclic) bond motifs is 1. The molecule has 3 aliphatic rings. The lowest BCUT2D eigenvalue weighted by Gasteiger charge is -2.30. The highest BCUT2D eigenvalue weighted by molar-refractivity contribution is 8.00. The molecule has 2 saturated heterocycles. The van der Waals surface area contributed by atoms with Gasteiger partial charge in [0.2, 0.25) is 5.91 Å². The zero-order valence-corrected chi connectivity index (χ0v) is 13.2. The van der Waals surface area contributed by atoms with E-state index in [-0.39, 0.29) is 29.7 Å². The van der Waals surface area contributed by atoms with Gasteiger partial charge in [-0.05, 0) is 12.3 Å². The smallest absolute Gasteiger partial charge is 0.244 e.